The summed E-state index contributed by atoms with van der Waals surface area (Å²) in [5, 5.41) is 0.659. The molecule has 1 aliphatic heterocycles. The molecule has 0 N–H and O–H groups in total. The Kier molecular flexibility index (Phi) is 8.74. The van der Waals surface area contributed by atoms with Crippen LogP contribution in [0.2, 0.25) is 0 Å². The molecular formula is C28H36N4O4S2. The maximum absolute atomic E-state index is 13.7. The zero-order valence-corrected chi connectivity index (χ0v) is 23.6. The number of carbonyl (C=O) groups excluding carboxylic acids is 1. The summed E-state index contributed by atoms with van der Waals surface area (Å²) in [6.07, 6.45) is 5.89. The number of benzene rings is 2. The number of carbonyl (C=O) groups is 1. The van der Waals surface area contributed by atoms with Gasteiger partial charge in [0.2, 0.25) is 10.0 Å². The van der Waals surface area contributed by atoms with E-state index in [1.807, 2.05) is 24.3 Å². The second-order valence-electron chi connectivity index (χ2n) is 10.1. The van der Waals surface area contributed by atoms with Crippen LogP contribution >= 0.6 is 11.3 Å². The molecule has 0 atom stereocenters. The fourth-order valence-electron chi connectivity index (χ4n) is 5.27. The van der Waals surface area contributed by atoms with E-state index in [1.165, 1.54) is 22.1 Å². The normalized spacial score (nSPS) is 17.7. The summed E-state index contributed by atoms with van der Waals surface area (Å²) in [5.74, 6) is -0.171. The zero-order valence-electron chi connectivity index (χ0n) is 21.9. The van der Waals surface area contributed by atoms with Crippen molar-refractivity contribution in [1.29, 1.82) is 0 Å². The summed E-state index contributed by atoms with van der Waals surface area (Å²) in [5.41, 5.74) is 1.32. The number of anilines is 1. The van der Waals surface area contributed by atoms with Gasteiger partial charge in [-0.1, -0.05) is 42.7 Å². The first kappa shape index (κ1) is 27.2. The number of rotatable bonds is 9. The average Bonchev–Trinajstić information content (AvgIpc) is 3.39. The number of sulfonamides is 1. The van der Waals surface area contributed by atoms with E-state index in [2.05, 4.69) is 4.90 Å². The van der Waals surface area contributed by atoms with Crippen LogP contribution in [-0.4, -0.2) is 81.0 Å². The highest BCUT2D eigenvalue weighted by Crippen LogP contribution is 2.31. The molecule has 38 heavy (non-hydrogen) atoms. The molecule has 0 unspecified atom stereocenters. The Morgan fingerprint density at radius 2 is 1.76 bits per heavy atom. The van der Waals surface area contributed by atoms with Crippen molar-refractivity contribution in [3.63, 3.8) is 0 Å². The fraction of sp³-hybridized carbons (Fsp3) is 0.500. The second-order valence-corrected chi connectivity index (χ2v) is 13.1. The molecule has 0 bridgehead atoms. The Morgan fingerprint density at radius 3 is 2.47 bits per heavy atom. The number of amides is 1. The summed E-state index contributed by atoms with van der Waals surface area (Å²) < 4.78 is 34.5. The molecule has 1 amide bonds. The number of thiazole rings is 1. The van der Waals surface area contributed by atoms with Gasteiger partial charge in [-0.2, -0.15) is 4.31 Å². The summed E-state index contributed by atoms with van der Waals surface area (Å²) in [6.45, 7) is 4.70. The van der Waals surface area contributed by atoms with Crippen LogP contribution in [0.15, 0.2) is 53.4 Å². The van der Waals surface area contributed by atoms with Crippen molar-refractivity contribution in [1.82, 2.24) is 14.2 Å². The van der Waals surface area contributed by atoms with E-state index in [4.69, 9.17) is 9.72 Å². The predicted octanol–water partition coefficient (Wildman–Crippen LogP) is 4.62. The van der Waals surface area contributed by atoms with Gasteiger partial charge in [0.1, 0.15) is 0 Å². The number of para-hydroxylation sites is 1. The van der Waals surface area contributed by atoms with Gasteiger partial charge in [-0.05, 0) is 55.7 Å². The number of ether oxygens (including phenoxy) is 1. The average molecular weight is 557 g/mol. The Morgan fingerprint density at radius 1 is 1.05 bits per heavy atom. The number of nitrogens with zero attached hydrogens (tertiary/aromatic N) is 4. The van der Waals surface area contributed by atoms with Gasteiger partial charge in [-0.25, -0.2) is 13.4 Å². The summed E-state index contributed by atoms with van der Waals surface area (Å²) in [6, 6.07) is 14.3. The number of fused-ring (bicyclic) bond motifs is 1. The molecule has 5 rings (SSSR count). The highest BCUT2D eigenvalue weighted by atomic mass is 32.2. The minimum Gasteiger partial charge on any atom is -0.379 e. The fourth-order valence-corrected chi connectivity index (χ4v) is 7.68. The number of hydrogen-bond acceptors (Lipinski definition) is 7. The van der Waals surface area contributed by atoms with Crippen LogP contribution < -0.4 is 4.90 Å². The SMILES string of the molecule is CN(C1CCCCC1)S(=O)(=O)c1ccc(C(=O)N(CCCN2CCOCC2)c2nc3ccccc3s2)cc1. The van der Waals surface area contributed by atoms with E-state index in [9.17, 15) is 13.2 Å². The van der Waals surface area contributed by atoms with Crippen molar-refractivity contribution in [3.8, 4) is 0 Å². The van der Waals surface area contributed by atoms with E-state index in [-0.39, 0.29) is 16.8 Å². The van der Waals surface area contributed by atoms with Crippen LogP contribution in [0.4, 0.5) is 5.13 Å². The molecule has 1 aromatic heterocycles. The van der Waals surface area contributed by atoms with E-state index >= 15 is 0 Å². The topological polar surface area (TPSA) is 83.1 Å². The van der Waals surface area contributed by atoms with Crippen LogP contribution in [0.5, 0.6) is 0 Å². The molecule has 2 aliphatic rings. The third-order valence-electron chi connectivity index (χ3n) is 7.59. The molecule has 204 valence electrons. The van der Waals surface area contributed by atoms with Crippen molar-refractivity contribution in [2.24, 2.45) is 0 Å². The maximum atomic E-state index is 13.7. The molecule has 1 saturated carbocycles. The number of hydrogen-bond donors (Lipinski definition) is 0. The van der Waals surface area contributed by atoms with E-state index in [1.54, 1.807) is 36.2 Å². The Hall–Kier alpha value is -2.37. The summed E-state index contributed by atoms with van der Waals surface area (Å²) in [4.78, 5) is 22.8. The molecule has 0 spiro atoms. The number of morpholine rings is 1. The van der Waals surface area contributed by atoms with Gasteiger partial charge in [-0.15, -0.1) is 0 Å². The highest BCUT2D eigenvalue weighted by Gasteiger charge is 2.29. The van der Waals surface area contributed by atoms with Gasteiger partial charge < -0.3 is 4.74 Å². The van der Waals surface area contributed by atoms with Crippen LogP contribution in [0.25, 0.3) is 10.2 Å². The highest BCUT2D eigenvalue weighted by molar-refractivity contribution is 7.89. The Labute approximate surface area is 229 Å². The third kappa shape index (κ3) is 6.10. The van der Waals surface area contributed by atoms with Gasteiger partial charge in [0.05, 0.1) is 28.3 Å². The molecule has 2 fully saturated rings. The zero-order chi connectivity index (χ0) is 26.5. The van der Waals surface area contributed by atoms with Crippen molar-refractivity contribution >= 4 is 42.6 Å². The monoisotopic (exact) mass is 556 g/mol. The lowest BCUT2D eigenvalue weighted by atomic mass is 9.96. The minimum absolute atomic E-state index is 0.0380. The van der Waals surface area contributed by atoms with Gasteiger partial charge in [-0.3, -0.25) is 14.6 Å². The molecule has 1 saturated heterocycles. The van der Waals surface area contributed by atoms with Crippen molar-refractivity contribution in [2.45, 2.75) is 49.5 Å². The van der Waals surface area contributed by atoms with Crippen molar-refractivity contribution < 1.29 is 17.9 Å². The minimum atomic E-state index is -3.62. The quantitative estimate of drug-likeness (QED) is 0.383. The molecule has 10 heteroatoms. The smallest absolute Gasteiger partial charge is 0.260 e. The standard InChI is InChI=1S/C28H36N4O4S2/c1-30(23-8-3-2-4-9-23)38(34,35)24-14-12-22(13-15-24)27(33)32(17-7-16-31-18-20-36-21-19-31)28-29-25-10-5-6-11-26(25)37-28/h5-6,10-15,23H,2-4,7-9,16-21H2,1H3. The van der Waals surface area contributed by atoms with Gasteiger partial charge in [0, 0.05) is 44.8 Å². The molecule has 8 nitrogen and oxygen atoms in total. The van der Waals surface area contributed by atoms with E-state index < -0.39 is 10.0 Å². The Balaban J connectivity index is 1.34. The molecule has 3 aromatic rings. The van der Waals surface area contributed by atoms with E-state index in [0.717, 1.165) is 75.2 Å². The molecule has 2 aromatic carbocycles. The van der Waals surface area contributed by atoms with Crippen LogP contribution in [0.3, 0.4) is 0 Å². The van der Waals surface area contributed by atoms with Gasteiger partial charge in [0.25, 0.3) is 5.91 Å². The molecule has 1 aliphatic carbocycles. The van der Waals surface area contributed by atoms with E-state index in [0.29, 0.717) is 17.2 Å². The summed E-state index contributed by atoms with van der Waals surface area (Å²) >= 11 is 1.50. The summed E-state index contributed by atoms with van der Waals surface area (Å²) in [7, 11) is -1.94. The molecular weight excluding hydrogens is 520 g/mol. The maximum Gasteiger partial charge on any atom is 0.260 e. The largest absolute Gasteiger partial charge is 0.379 e. The lowest BCUT2D eigenvalue weighted by Crippen LogP contribution is -2.39. The van der Waals surface area contributed by atoms with Crippen molar-refractivity contribution in [3.05, 3.63) is 54.1 Å². The van der Waals surface area contributed by atoms with Gasteiger partial charge >= 0.3 is 0 Å². The first-order valence-corrected chi connectivity index (χ1v) is 15.7. The van der Waals surface area contributed by atoms with Crippen LogP contribution in [-0.2, 0) is 14.8 Å². The van der Waals surface area contributed by atoms with Crippen LogP contribution in [0.1, 0.15) is 48.9 Å². The number of aromatic nitrogens is 1. The predicted molar refractivity (Wildman–Crippen MR) is 151 cm³/mol. The molecule has 0 radical (unpaired) electrons. The van der Waals surface area contributed by atoms with Crippen molar-refractivity contribution in [2.75, 3.05) is 51.3 Å². The van der Waals surface area contributed by atoms with Crippen LogP contribution in [0, 0.1) is 0 Å². The first-order valence-electron chi connectivity index (χ1n) is 13.5. The molecule has 2 heterocycles. The second kappa shape index (κ2) is 12.2. The first-order chi connectivity index (χ1) is 18.4. The third-order valence-corrected chi connectivity index (χ3v) is 10.6. The lowest BCUT2D eigenvalue weighted by Gasteiger charge is -2.30. The lowest BCUT2D eigenvalue weighted by molar-refractivity contribution is 0.0376. The Bertz CT molecular complexity index is 1300. The van der Waals surface area contributed by atoms with Gasteiger partial charge in [0.15, 0.2) is 5.13 Å².